The van der Waals surface area contributed by atoms with Gasteiger partial charge < -0.3 is 10.5 Å². The van der Waals surface area contributed by atoms with Crippen LogP contribution < -0.4 is 10.5 Å². The lowest BCUT2D eigenvalue weighted by Gasteiger charge is -2.14. The molecule has 2 aromatic rings. The Labute approximate surface area is 119 Å². The second-order valence-electron chi connectivity index (χ2n) is 5.13. The van der Waals surface area contributed by atoms with Crippen molar-refractivity contribution < 1.29 is 4.74 Å². The van der Waals surface area contributed by atoms with Gasteiger partial charge in [-0.15, -0.1) is 0 Å². The molecule has 0 radical (unpaired) electrons. The molecule has 0 bridgehead atoms. The highest BCUT2D eigenvalue weighted by Crippen LogP contribution is 2.21. The van der Waals surface area contributed by atoms with Crippen LogP contribution in [0.1, 0.15) is 18.4 Å². The Hall–Kier alpha value is -2.07. The van der Waals surface area contributed by atoms with Crippen LogP contribution in [0.4, 0.5) is 5.82 Å². The van der Waals surface area contributed by atoms with E-state index in [1.54, 1.807) is 12.1 Å². The maximum Gasteiger partial charge on any atom is 0.221 e. The molecule has 2 N–H and O–H groups in total. The Bertz CT molecular complexity index is 562. The zero-order valence-corrected chi connectivity index (χ0v) is 11.5. The van der Waals surface area contributed by atoms with Gasteiger partial charge in [0.15, 0.2) is 0 Å². The number of ether oxygens (including phenoxy) is 1. The summed E-state index contributed by atoms with van der Waals surface area (Å²) in [6, 6.07) is 13.6. The number of nitrogen functional groups attached to an aromatic ring is 1. The van der Waals surface area contributed by atoms with Crippen LogP contribution in [-0.2, 0) is 6.54 Å². The summed E-state index contributed by atoms with van der Waals surface area (Å²) in [4.78, 5) is 6.60. The van der Waals surface area contributed by atoms with E-state index in [9.17, 15) is 0 Å². The Morgan fingerprint density at radius 2 is 1.80 bits per heavy atom. The maximum atomic E-state index is 5.68. The molecule has 2 heterocycles. The van der Waals surface area contributed by atoms with Gasteiger partial charge in [-0.3, -0.25) is 4.90 Å². The molecule has 3 rings (SSSR count). The molecule has 0 amide bonds. The molecule has 1 aliphatic rings. The average Bonchev–Trinajstić information content (AvgIpc) is 2.94. The molecule has 0 spiro atoms. The normalized spacial score (nSPS) is 15.4. The number of likely N-dealkylation sites (tertiary alicyclic amines) is 1. The summed E-state index contributed by atoms with van der Waals surface area (Å²) in [7, 11) is 0. The predicted molar refractivity (Wildman–Crippen MR) is 79.7 cm³/mol. The third-order valence-corrected chi connectivity index (χ3v) is 3.50. The second kappa shape index (κ2) is 5.92. The molecule has 104 valence electrons. The number of aromatic nitrogens is 1. The summed E-state index contributed by atoms with van der Waals surface area (Å²) in [5.74, 6) is 1.78. The molecule has 0 unspecified atom stereocenters. The quantitative estimate of drug-likeness (QED) is 0.926. The molecule has 1 saturated heterocycles. The van der Waals surface area contributed by atoms with Crippen LogP contribution >= 0.6 is 0 Å². The zero-order valence-electron chi connectivity index (χ0n) is 11.5. The Kier molecular flexibility index (Phi) is 3.83. The van der Waals surface area contributed by atoms with Crippen molar-refractivity contribution in [3.8, 4) is 11.6 Å². The largest absolute Gasteiger partial charge is 0.439 e. The first kappa shape index (κ1) is 12.9. The first-order chi connectivity index (χ1) is 9.79. The summed E-state index contributed by atoms with van der Waals surface area (Å²) in [5, 5.41) is 0. The van der Waals surface area contributed by atoms with Gasteiger partial charge in [-0.1, -0.05) is 18.2 Å². The summed E-state index contributed by atoms with van der Waals surface area (Å²) >= 11 is 0. The Morgan fingerprint density at radius 1 is 1.05 bits per heavy atom. The molecule has 1 aromatic heterocycles. The highest BCUT2D eigenvalue weighted by Gasteiger charge is 2.11. The molecule has 0 aliphatic carbocycles. The fourth-order valence-electron chi connectivity index (χ4n) is 2.47. The topological polar surface area (TPSA) is 51.4 Å². The van der Waals surface area contributed by atoms with Crippen molar-refractivity contribution in [2.75, 3.05) is 18.8 Å². The number of anilines is 1. The SMILES string of the molecule is Nc1cccc(Oc2ccc(CN3CCCC3)cc2)n1. The maximum absolute atomic E-state index is 5.68. The van der Waals surface area contributed by atoms with E-state index < -0.39 is 0 Å². The number of nitrogens with zero attached hydrogens (tertiary/aromatic N) is 2. The highest BCUT2D eigenvalue weighted by atomic mass is 16.5. The van der Waals surface area contributed by atoms with Crippen LogP contribution in [0.15, 0.2) is 42.5 Å². The van der Waals surface area contributed by atoms with Crippen molar-refractivity contribution in [2.45, 2.75) is 19.4 Å². The van der Waals surface area contributed by atoms with Gasteiger partial charge in [-0.2, -0.15) is 4.98 Å². The van der Waals surface area contributed by atoms with Crippen molar-refractivity contribution in [3.63, 3.8) is 0 Å². The highest BCUT2D eigenvalue weighted by molar-refractivity contribution is 5.35. The van der Waals surface area contributed by atoms with Gasteiger partial charge in [0.2, 0.25) is 5.88 Å². The first-order valence-electron chi connectivity index (χ1n) is 7.01. The van der Waals surface area contributed by atoms with Crippen molar-refractivity contribution in [1.29, 1.82) is 0 Å². The van der Waals surface area contributed by atoms with E-state index in [1.165, 1.54) is 31.5 Å². The van der Waals surface area contributed by atoms with Gasteiger partial charge in [-0.25, -0.2) is 0 Å². The molecule has 1 aliphatic heterocycles. The lowest BCUT2D eigenvalue weighted by Crippen LogP contribution is -2.18. The van der Waals surface area contributed by atoms with Crippen molar-refractivity contribution in [1.82, 2.24) is 9.88 Å². The minimum Gasteiger partial charge on any atom is -0.439 e. The van der Waals surface area contributed by atoms with Crippen molar-refractivity contribution in [2.24, 2.45) is 0 Å². The standard InChI is InChI=1S/C16H19N3O/c17-15-4-3-5-16(18-15)20-14-8-6-13(7-9-14)12-19-10-1-2-11-19/h3-9H,1-2,10-12H2,(H2,17,18). The Morgan fingerprint density at radius 3 is 2.50 bits per heavy atom. The molecule has 0 atom stereocenters. The molecule has 4 nitrogen and oxygen atoms in total. The van der Waals surface area contributed by atoms with Crippen LogP contribution in [0.25, 0.3) is 0 Å². The van der Waals surface area contributed by atoms with Crippen LogP contribution in [0.5, 0.6) is 11.6 Å². The van der Waals surface area contributed by atoms with Crippen LogP contribution in [0, 0.1) is 0 Å². The molecule has 4 heteroatoms. The number of hydrogen-bond donors (Lipinski definition) is 1. The second-order valence-corrected chi connectivity index (χ2v) is 5.13. The number of nitrogens with two attached hydrogens (primary N) is 1. The van der Waals surface area contributed by atoms with E-state index in [-0.39, 0.29) is 0 Å². The van der Waals surface area contributed by atoms with Gasteiger partial charge in [-0.05, 0) is 49.7 Å². The molecule has 20 heavy (non-hydrogen) atoms. The van der Waals surface area contributed by atoms with Gasteiger partial charge in [0.1, 0.15) is 11.6 Å². The average molecular weight is 269 g/mol. The molecular weight excluding hydrogens is 250 g/mol. The summed E-state index contributed by atoms with van der Waals surface area (Å²) in [6.07, 6.45) is 2.64. The van der Waals surface area contributed by atoms with Crippen LogP contribution in [-0.4, -0.2) is 23.0 Å². The predicted octanol–water partition coefficient (Wildman–Crippen LogP) is 3.05. The minimum atomic E-state index is 0.466. The number of pyridine rings is 1. The molecule has 1 aromatic carbocycles. The fraction of sp³-hybridized carbons (Fsp3) is 0.312. The number of benzene rings is 1. The van der Waals surface area contributed by atoms with Gasteiger partial charge in [0.25, 0.3) is 0 Å². The van der Waals surface area contributed by atoms with E-state index in [1.807, 2.05) is 18.2 Å². The lowest BCUT2D eigenvalue weighted by atomic mass is 10.2. The lowest BCUT2D eigenvalue weighted by molar-refractivity contribution is 0.331. The molecular formula is C16H19N3O. The smallest absolute Gasteiger partial charge is 0.221 e. The zero-order chi connectivity index (χ0) is 13.8. The first-order valence-corrected chi connectivity index (χ1v) is 7.01. The van der Waals surface area contributed by atoms with Crippen molar-refractivity contribution in [3.05, 3.63) is 48.0 Å². The summed E-state index contributed by atoms with van der Waals surface area (Å²) in [5.41, 5.74) is 6.95. The molecule has 1 fully saturated rings. The summed E-state index contributed by atoms with van der Waals surface area (Å²) < 4.78 is 5.68. The van der Waals surface area contributed by atoms with Crippen LogP contribution in [0.3, 0.4) is 0 Å². The van der Waals surface area contributed by atoms with Crippen molar-refractivity contribution >= 4 is 5.82 Å². The third-order valence-electron chi connectivity index (χ3n) is 3.50. The van der Waals surface area contributed by atoms with E-state index in [4.69, 9.17) is 10.5 Å². The van der Waals surface area contributed by atoms with Gasteiger partial charge >= 0.3 is 0 Å². The molecule has 0 saturated carbocycles. The van der Waals surface area contributed by atoms with E-state index in [2.05, 4.69) is 22.0 Å². The van der Waals surface area contributed by atoms with E-state index in [0.29, 0.717) is 11.7 Å². The minimum absolute atomic E-state index is 0.466. The van der Waals surface area contributed by atoms with Gasteiger partial charge in [0, 0.05) is 12.6 Å². The third kappa shape index (κ3) is 3.27. The summed E-state index contributed by atoms with van der Waals surface area (Å²) in [6.45, 7) is 3.45. The fourth-order valence-corrected chi connectivity index (χ4v) is 2.47. The van der Waals surface area contributed by atoms with E-state index in [0.717, 1.165) is 12.3 Å². The van der Waals surface area contributed by atoms with Crippen LogP contribution in [0.2, 0.25) is 0 Å². The Balaban J connectivity index is 1.63. The van der Waals surface area contributed by atoms with Gasteiger partial charge in [0.05, 0.1) is 0 Å². The monoisotopic (exact) mass is 269 g/mol. The number of hydrogen-bond acceptors (Lipinski definition) is 4. The van der Waals surface area contributed by atoms with E-state index >= 15 is 0 Å². The number of rotatable bonds is 4.